The van der Waals surface area contributed by atoms with Crippen molar-refractivity contribution in [3.8, 4) is 0 Å². The number of carbonyl (C=O) groups excluding carboxylic acids is 1. The van der Waals surface area contributed by atoms with E-state index in [1.54, 1.807) is 18.2 Å². The third-order valence-electron chi connectivity index (χ3n) is 4.00. The number of benzene rings is 1. The summed E-state index contributed by atoms with van der Waals surface area (Å²) in [6.07, 6.45) is 5.18. The molecule has 0 aliphatic heterocycles. The lowest BCUT2D eigenvalue weighted by molar-refractivity contribution is 0.0948. The van der Waals surface area contributed by atoms with Gasteiger partial charge in [-0.3, -0.25) is 4.79 Å². The van der Waals surface area contributed by atoms with Crippen molar-refractivity contribution in [1.29, 1.82) is 0 Å². The SMILES string of the molecule is CN(CCNC(=O)c1cccc(Cl)c1N)C1CCCC1. The highest BCUT2D eigenvalue weighted by Gasteiger charge is 2.19. The molecule has 1 aromatic rings. The number of rotatable bonds is 5. The molecule has 1 amide bonds. The van der Waals surface area contributed by atoms with Crippen LogP contribution in [0.5, 0.6) is 0 Å². The van der Waals surface area contributed by atoms with E-state index in [9.17, 15) is 4.79 Å². The first kappa shape index (κ1) is 15.1. The summed E-state index contributed by atoms with van der Waals surface area (Å²) in [4.78, 5) is 14.4. The predicted octanol–water partition coefficient (Wildman–Crippen LogP) is 2.53. The van der Waals surface area contributed by atoms with Crippen LogP contribution in [-0.4, -0.2) is 37.0 Å². The molecule has 1 aliphatic carbocycles. The lowest BCUT2D eigenvalue weighted by atomic mass is 10.1. The van der Waals surface area contributed by atoms with Crippen LogP contribution in [0.3, 0.4) is 0 Å². The fourth-order valence-electron chi connectivity index (χ4n) is 2.70. The monoisotopic (exact) mass is 295 g/mol. The predicted molar refractivity (Wildman–Crippen MR) is 83.1 cm³/mol. The van der Waals surface area contributed by atoms with E-state index >= 15 is 0 Å². The molecule has 0 radical (unpaired) electrons. The van der Waals surface area contributed by atoms with Gasteiger partial charge in [-0.05, 0) is 32.0 Å². The van der Waals surface area contributed by atoms with Gasteiger partial charge in [0.2, 0.25) is 0 Å². The molecular formula is C15H22ClN3O. The number of nitrogen functional groups attached to an aromatic ring is 1. The highest BCUT2D eigenvalue weighted by molar-refractivity contribution is 6.33. The number of anilines is 1. The van der Waals surface area contributed by atoms with Gasteiger partial charge >= 0.3 is 0 Å². The first-order valence-electron chi connectivity index (χ1n) is 7.12. The molecule has 0 atom stereocenters. The average Bonchev–Trinajstić information content (AvgIpc) is 2.95. The minimum Gasteiger partial charge on any atom is -0.397 e. The smallest absolute Gasteiger partial charge is 0.253 e. The van der Waals surface area contributed by atoms with Crippen LogP contribution in [0.1, 0.15) is 36.0 Å². The lowest BCUT2D eigenvalue weighted by Gasteiger charge is -2.24. The summed E-state index contributed by atoms with van der Waals surface area (Å²) in [6.45, 7) is 1.48. The highest BCUT2D eigenvalue weighted by atomic mass is 35.5. The van der Waals surface area contributed by atoms with Gasteiger partial charge in [-0.1, -0.05) is 30.5 Å². The number of para-hydroxylation sites is 1. The fraction of sp³-hybridized carbons (Fsp3) is 0.533. The Labute approximate surface area is 125 Å². The summed E-state index contributed by atoms with van der Waals surface area (Å²) >= 11 is 5.92. The lowest BCUT2D eigenvalue weighted by Crippen LogP contribution is -2.37. The topological polar surface area (TPSA) is 58.4 Å². The number of nitrogens with two attached hydrogens (primary N) is 1. The molecule has 4 nitrogen and oxygen atoms in total. The fourth-order valence-corrected chi connectivity index (χ4v) is 2.88. The Morgan fingerprint density at radius 3 is 2.85 bits per heavy atom. The third-order valence-corrected chi connectivity index (χ3v) is 4.33. The molecule has 1 aromatic carbocycles. The number of hydrogen-bond acceptors (Lipinski definition) is 3. The van der Waals surface area contributed by atoms with E-state index in [0.29, 0.717) is 28.9 Å². The maximum atomic E-state index is 12.1. The molecule has 0 heterocycles. The van der Waals surface area contributed by atoms with Gasteiger partial charge in [0.25, 0.3) is 5.91 Å². The third kappa shape index (κ3) is 3.64. The minimum atomic E-state index is -0.162. The Balaban J connectivity index is 1.81. The van der Waals surface area contributed by atoms with Gasteiger partial charge < -0.3 is 16.0 Å². The van der Waals surface area contributed by atoms with Gasteiger partial charge in [0.15, 0.2) is 0 Å². The van der Waals surface area contributed by atoms with Crippen LogP contribution in [0.2, 0.25) is 5.02 Å². The highest BCUT2D eigenvalue weighted by Crippen LogP contribution is 2.23. The molecule has 0 saturated heterocycles. The van der Waals surface area contributed by atoms with Crippen LogP contribution in [0, 0.1) is 0 Å². The molecule has 0 bridgehead atoms. The summed E-state index contributed by atoms with van der Waals surface area (Å²) in [5, 5.41) is 3.32. The normalized spacial score (nSPS) is 15.8. The Bertz CT molecular complexity index is 472. The maximum Gasteiger partial charge on any atom is 0.253 e. The van der Waals surface area contributed by atoms with Crippen molar-refractivity contribution in [1.82, 2.24) is 10.2 Å². The van der Waals surface area contributed by atoms with E-state index in [1.807, 2.05) is 0 Å². The van der Waals surface area contributed by atoms with Crippen LogP contribution < -0.4 is 11.1 Å². The number of halogens is 1. The number of hydrogen-bond donors (Lipinski definition) is 2. The summed E-state index contributed by atoms with van der Waals surface area (Å²) in [6, 6.07) is 5.78. The van der Waals surface area contributed by atoms with Crippen molar-refractivity contribution in [2.45, 2.75) is 31.7 Å². The van der Waals surface area contributed by atoms with Crippen LogP contribution >= 0.6 is 11.6 Å². The molecule has 20 heavy (non-hydrogen) atoms. The van der Waals surface area contributed by atoms with Crippen molar-refractivity contribution >= 4 is 23.2 Å². The Hall–Kier alpha value is -1.26. The van der Waals surface area contributed by atoms with Crippen LogP contribution in [-0.2, 0) is 0 Å². The molecule has 3 N–H and O–H groups in total. The van der Waals surface area contributed by atoms with Crippen molar-refractivity contribution < 1.29 is 4.79 Å². The second-order valence-corrected chi connectivity index (χ2v) is 5.78. The van der Waals surface area contributed by atoms with Gasteiger partial charge in [-0.15, -0.1) is 0 Å². The second kappa shape index (κ2) is 6.95. The molecule has 0 unspecified atom stereocenters. The molecular weight excluding hydrogens is 274 g/mol. The summed E-state index contributed by atoms with van der Waals surface area (Å²) < 4.78 is 0. The van der Waals surface area contributed by atoms with Crippen LogP contribution in [0.25, 0.3) is 0 Å². The summed E-state index contributed by atoms with van der Waals surface area (Å²) in [7, 11) is 2.12. The maximum absolute atomic E-state index is 12.1. The molecule has 5 heteroatoms. The van der Waals surface area contributed by atoms with Gasteiger partial charge in [-0.2, -0.15) is 0 Å². The first-order valence-corrected chi connectivity index (χ1v) is 7.50. The molecule has 110 valence electrons. The number of amides is 1. The number of nitrogens with one attached hydrogen (secondary N) is 1. The van der Waals surface area contributed by atoms with E-state index in [-0.39, 0.29) is 5.91 Å². The minimum absolute atomic E-state index is 0.162. The summed E-state index contributed by atoms with van der Waals surface area (Å²) in [5.74, 6) is -0.162. The standard InChI is InChI=1S/C15H22ClN3O/c1-19(11-5-2-3-6-11)10-9-18-15(20)12-7-4-8-13(16)14(12)17/h4,7-8,11H,2-3,5-6,9-10,17H2,1H3,(H,18,20). The zero-order valence-corrected chi connectivity index (χ0v) is 12.6. The molecule has 0 spiro atoms. The van der Waals surface area contributed by atoms with E-state index < -0.39 is 0 Å². The Morgan fingerprint density at radius 2 is 2.15 bits per heavy atom. The quantitative estimate of drug-likeness (QED) is 0.821. The van der Waals surface area contributed by atoms with Gasteiger partial charge in [0.05, 0.1) is 16.3 Å². The molecule has 1 saturated carbocycles. The van der Waals surface area contributed by atoms with E-state index in [2.05, 4.69) is 17.3 Å². The van der Waals surface area contributed by atoms with Crippen LogP contribution in [0.4, 0.5) is 5.69 Å². The molecule has 1 fully saturated rings. The van der Waals surface area contributed by atoms with Gasteiger partial charge in [0.1, 0.15) is 0 Å². The zero-order valence-electron chi connectivity index (χ0n) is 11.9. The number of nitrogens with zero attached hydrogens (tertiary/aromatic N) is 1. The molecule has 0 aromatic heterocycles. The van der Waals surface area contributed by atoms with Crippen LogP contribution in [0.15, 0.2) is 18.2 Å². The molecule has 1 aliphatic rings. The second-order valence-electron chi connectivity index (χ2n) is 5.38. The largest absolute Gasteiger partial charge is 0.397 e. The molecule has 2 rings (SSSR count). The van der Waals surface area contributed by atoms with Crippen molar-refractivity contribution in [2.75, 3.05) is 25.9 Å². The Kier molecular flexibility index (Phi) is 5.26. The first-order chi connectivity index (χ1) is 9.59. The summed E-state index contributed by atoms with van der Waals surface area (Å²) in [5.41, 5.74) is 6.60. The zero-order chi connectivity index (χ0) is 14.5. The van der Waals surface area contributed by atoms with Crippen molar-refractivity contribution in [2.24, 2.45) is 0 Å². The van der Waals surface area contributed by atoms with Gasteiger partial charge in [0, 0.05) is 19.1 Å². The van der Waals surface area contributed by atoms with Crippen molar-refractivity contribution in [3.05, 3.63) is 28.8 Å². The number of likely N-dealkylation sites (N-methyl/N-ethyl adjacent to an activating group) is 1. The Morgan fingerprint density at radius 1 is 1.45 bits per heavy atom. The van der Waals surface area contributed by atoms with Gasteiger partial charge in [-0.25, -0.2) is 0 Å². The number of carbonyl (C=O) groups is 1. The van der Waals surface area contributed by atoms with E-state index in [1.165, 1.54) is 25.7 Å². The average molecular weight is 296 g/mol. The van der Waals surface area contributed by atoms with E-state index in [0.717, 1.165) is 6.54 Å². The van der Waals surface area contributed by atoms with Crippen molar-refractivity contribution in [3.63, 3.8) is 0 Å². The van der Waals surface area contributed by atoms with E-state index in [4.69, 9.17) is 17.3 Å².